The summed E-state index contributed by atoms with van der Waals surface area (Å²) < 4.78 is 1.90. The Morgan fingerprint density at radius 2 is 2.09 bits per heavy atom. The maximum Gasteiger partial charge on any atom is 0.292 e. The minimum Gasteiger partial charge on any atom is -0.349 e. The van der Waals surface area contributed by atoms with Gasteiger partial charge in [-0.1, -0.05) is 24.3 Å². The first kappa shape index (κ1) is 12.4. The van der Waals surface area contributed by atoms with E-state index in [9.17, 15) is 4.79 Å². The number of nitrogens with one attached hydrogen (secondary N) is 2. The summed E-state index contributed by atoms with van der Waals surface area (Å²) in [6.45, 7) is 0. The van der Waals surface area contributed by atoms with Crippen molar-refractivity contribution in [3.05, 3.63) is 76.5 Å². The molecule has 1 atom stereocenters. The first-order valence-electron chi connectivity index (χ1n) is 7.49. The number of fused-ring (bicyclic) bond motifs is 5. The first-order valence-corrected chi connectivity index (χ1v) is 7.49. The lowest BCUT2D eigenvalue weighted by Crippen LogP contribution is -2.15. The predicted octanol–water partition coefficient (Wildman–Crippen LogP) is 2.10. The van der Waals surface area contributed by atoms with Gasteiger partial charge in [0.15, 0.2) is 0 Å². The fraction of sp³-hybridized carbons (Fsp3) is 0.118. The second-order valence-corrected chi connectivity index (χ2v) is 5.72. The summed E-state index contributed by atoms with van der Waals surface area (Å²) in [5, 5.41) is 0. The molecule has 0 radical (unpaired) electrons. The van der Waals surface area contributed by atoms with Crippen LogP contribution >= 0.6 is 0 Å². The molecule has 0 saturated carbocycles. The Balaban J connectivity index is 1.83. The van der Waals surface area contributed by atoms with Crippen LogP contribution in [0.15, 0.2) is 53.8 Å². The zero-order chi connectivity index (χ0) is 15.4. The van der Waals surface area contributed by atoms with E-state index < -0.39 is 0 Å². The molecule has 0 saturated heterocycles. The lowest BCUT2D eigenvalue weighted by molar-refractivity contribution is 0.744. The summed E-state index contributed by atoms with van der Waals surface area (Å²) in [7, 11) is 0. The summed E-state index contributed by atoms with van der Waals surface area (Å²) in [5.74, 6) is 1.05. The molecule has 0 spiro atoms. The Morgan fingerprint density at radius 3 is 2.96 bits per heavy atom. The van der Waals surface area contributed by atoms with Crippen molar-refractivity contribution < 1.29 is 0 Å². The molecule has 4 aromatic rings. The summed E-state index contributed by atoms with van der Waals surface area (Å²) in [4.78, 5) is 27.0. The number of benzene rings is 1. The average Bonchev–Trinajstić information content (AvgIpc) is 3.28. The van der Waals surface area contributed by atoms with Crippen LogP contribution in [0.5, 0.6) is 0 Å². The summed E-state index contributed by atoms with van der Waals surface area (Å²) in [5.41, 5.74) is 4.49. The fourth-order valence-electron chi connectivity index (χ4n) is 3.55. The van der Waals surface area contributed by atoms with E-state index in [2.05, 4.69) is 32.1 Å². The third-order valence-corrected chi connectivity index (χ3v) is 4.49. The molecule has 1 aliphatic rings. The number of hydrogen-bond acceptors (Lipinski definition) is 3. The van der Waals surface area contributed by atoms with Gasteiger partial charge in [0, 0.05) is 42.7 Å². The van der Waals surface area contributed by atoms with Gasteiger partial charge in [0.25, 0.3) is 5.56 Å². The molecule has 3 heterocycles. The van der Waals surface area contributed by atoms with E-state index in [0.29, 0.717) is 5.65 Å². The van der Waals surface area contributed by atoms with Crippen molar-refractivity contribution in [1.82, 2.24) is 24.3 Å². The number of nitrogens with zero attached hydrogens (tertiary/aromatic N) is 3. The van der Waals surface area contributed by atoms with Crippen molar-refractivity contribution >= 4 is 5.65 Å². The number of aromatic amines is 2. The Kier molecular flexibility index (Phi) is 2.38. The van der Waals surface area contributed by atoms with E-state index in [1.807, 2.05) is 28.9 Å². The zero-order valence-corrected chi connectivity index (χ0v) is 12.2. The Bertz CT molecular complexity index is 1070. The normalized spacial score (nSPS) is 15.7. The number of rotatable bonds is 2. The third-order valence-electron chi connectivity index (χ3n) is 4.49. The third kappa shape index (κ3) is 1.66. The highest BCUT2D eigenvalue weighted by Crippen LogP contribution is 2.44. The Labute approximate surface area is 130 Å². The molecule has 23 heavy (non-hydrogen) atoms. The molecule has 112 valence electrons. The van der Waals surface area contributed by atoms with E-state index in [0.717, 1.165) is 29.2 Å². The van der Waals surface area contributed by atoms with Gasteiger partial charge in [0.05, 0.1) is 11.4 Å². The van der Waals surface area contributed by atoms with E-state index in [-0.39, 0.29) is 11.5 Å². The number of hydrogen-bond donors (Lipinski definition) is 2. The van der Waals surface area contributed by atoms with Crippen LogP contribution in [0.3, 0.4) is 0 Å². The molecule has 6 heteroatoms. The lowest BCUT2D eigenvalue weighted by atomic mass is 9.96. The summed E-state index contributed by atoms with van der Waals surface area (Å²) in [6, 6.07) is 8.19. The second-order valence-electron chi connectivity index (χ2n) is 5.72. The standard InChI is InChI=1S/C17H13N5O/c23-17-16-20-7-8-22(16)15-12(9-13-18-5-6-19-13)10-3-1-2-4-11(10)14(15)21-17/h1-8,12H,9H2,(H,18,19)(H,21,23). The maximum atomic E-state index is 12.3. The molecule has 0 bridgehead atoms. The van der Waals surface area contributed by atoms with Gasteiger partial charge in [0.1, 0.15) is 5.82 Å². The van der Waals surface area contributed by atoms with E-state index >= 15 is 0 Å². The number of aromatic nitrogens is 5. The van der Waals surface area contributed by atoms with Gasteiger partial charge in [-0.15, -0.1) is 0 Å². The van der Waals surface area contributed by atoms with E-state index in [1.165, 1.54) is 5.56 Å². The zero-order valence-electron chi connectivity index (χ0n) is 12.2. The SMILES string of the molecule is O=c1[nH]c2c(n3ccnc13)C(Cc1ncc[nH]1)c1ccccc1-2. The largest absolute Gasteiger partial charge is 0.349 e. The molecule has 3 aromatic heterocycles. The molecular weight excluding hydrogens is 290 g/mol. The van der Waals surface area contributed by atoms with Crippen LogP contribution < -0.4 is 5.56 Å². The molecular formula is C17H13N5O. The van der Waals surface area contributed by atoms with Crippen molar-refractivity contribution in [2.24, 2.45) is 0 Å². The van der Waals surface area contributed by atoms with E-state index in [4.69, 9.17) is 0 Å². The Morgan fingerprint density at radius 1 is 1.17 bits per heavy atom. The van der Waals surface area contributed by atoms with Gasteiger partial charge in [0.2, 0.25) is 5.65 Å². The highest BCUT2D eigenvalue weighted by molar-refractivity contribution is 5.75. The molecule has 0 amide bonds. The molecule has 5 rings (SSSR count). The van der Waals surface area contributed by atoms with Crippen LogP contribution in [0.4, 0.5) is 0 Å². The van der Waals surface area contributed by atoms with Gasteiger partial charge in [-0.05, 0) is 5.56 Å². The van der Waals surface area contributed by atoms with Crippen molar-refractivity contribution in [2.75, 3.05) is 0 Å². The van der Waals surface area contributed by atoms with Crippen LogP contribution in [0.25, 0.3) is 16.9 Å². The van der Waals surface area contributed by atoms with Crippen LogP contribution in [0.1, 0.15) is 23.0 Å². The molecule has 0 fully saturated rings. The topological polar surface area (TPSA) is 78.8 Å². The second kappa shape index (κ2) is 4.42. The average molecular weight is 303 g/mol. The van der Waals surface area contributed by atoms with Crippen LogP contribution in [0, 0.1) is 0 Å². The fourth-order valence-corrected chi connectivity index (χ4v) is 3.55. The minimum absolute atomic E-state index is 0.126. The van der Waals surface area contributed by atoms with E-state index in [1.54, 1.807) is 12.4 Å². The smallest absolute Gasteiger partial charge is 0.292 e. The number of H-pyrrole nitrogens is 2. The van der Waals surface area contributed by atoms with Crippen molar-refractivity contribution in [3.63, 3.8) is 0 Å². The van der Waals surface area contributed by atoms with Crippen molar-refractivity contribution in [3.8, 4) is 11.3 Å². The van der Waals surface area contributed by atoms with Gasteiger partial charge in [-0.2, -0.15) is 0 Å². The Hall–Kier alpha value is -3.15. The quantitative estimate of drug-likeness (QED) is 0.595. The molecule has 1 aliphatic carbocycles. The maximum absolute atomic E-state index is 12.3. The highest BCUT2D eigenvalue weighted by atomic mass is 16.1. The van der Waals surface area contributed by atoms with Gasteiger partial charge in [-0.25, -0.2) is 9.97 Å². The molecule has 1 aromatic carbocycles. The predicted molar refractivity (Wildman–Crippen MR) is 85.4 cm³/mol. The van der Waals surface area contributed by atoms with Gasteiger partial charge < -0.3 is 9.97 Å². The van der Waals surface area contributed by atoms with Crippen molar-refractivity contribution in [2.45, 2.75) is 12.3 Å². The van der Waals surface area contributed by atoms with Gasteiger partial charge in [-0.3, -0.25) is 9.20 Å². The molecule has 6 nitrogen and oxygen atoms in total. The molecule has 0 aliphatic heterocycles. The number of imidazole rings is 2. The van der Waals surface area contributed by atoms with Crippen LogP contribution in [0.2, 0.25) is 0 Å². The van der Waals surface area contributed by atoms with Crippen molar-refractivity contribution in [1.29, 1.82) is 0 Å². The molecule has 1 unspecified atom stereocenters. The van der Waals surface area contributed by atoms with Crippen LogP contribution in [-0.4, -0.2) is 24.3 Å². The minimum atomic E-state index is -0.165. The first-order chi connectivity index (χ1) is 11.3. The van der Waals surface area contributed by atoms with Crippen LogP contribution in [-0.2, 0) is 6.42 Å². The molecule has 2 N–H and O–H groups in total. The summed E-state index contributed by atoms with van der Waals surface area (Å²) in [6.07, 6.45) is 7.85. The van der Waals surface area contributed by atoms with Gasteiger partial charge >= 0.3 is 0 Å². The monoisotopic (exact) mass is 303 g/mol. The summed E-state index contributed by atoms with van der Waals surface area (Å²) >= 11 is 0. The lowest BCUT2D eigenvalue weighted by Gasteiger charge is -2.13. The highest BCUT2D eigenvalue weighted by Gasteiger charge is 2.32.